The van der Waals surface area contributed by atoms with E-state index in [-0.39, 0.29) is 34.9 Å². The van der Waals surface area contributed by atoms with Crippen molar-refractivity contribution in [3.63, 3.8) is 0 Å². The van der Waals surface area contributed by atoms with E-state index in [1.54, 1.807) is 0 Å². The molecule has 0 aromatic heterocycles. The van der Waals surface area contributed by atoms with Gasteiger partial charge in [0, 0.05) is 53.5 Å². The Bertz CT molecular complexity index is 1600. The summed E-state index contributed by atoms with van der Waals surface area (Å²) in [5.41, 5.74) is 5.99. The van der Waals surface area contributed by atoms with Gasteiger partial charge >= 0.3 is 0 Å². The highest BCUT2D eigenvalue weighted by Crippen LogP contribution is 2.54. The lowest BCUT2D eigenvalue weighted by Gasteiger charge is -2.49. The van der Waals surface area contributed by atoms with E-state index < -0.39 is 5.92 Å². The van der Waals surface area contributed by atoms with Crippen molar-refractivity contribution < 1.29 is 19.1 Å². The van der Waals surface area contributed by atoms with Crippen LogP contribution in [0.4, 0.5) is 5.69 Å². The molecule has 1 amide bonds. The quantitative estimate of drug-likeness (QED) is 0.308. The van der Waals surface area contributed by atoms with E-state index >= 15 is 0 Å². The van der Waals surface area contributed by atoms with Crippen LogP contribution in [-0.4, -0.2) is 29.0 Å². The van der Waals surface area contributed by atoms with Crippen LogP contribution < -0.4 is 10.1 Å². The van der Waals surface area contributed by atoms with Gasteiger partial charge in [-0.3, -0.25) is 14.4 Å². The fraction of sp³-hybridized carbons (Fsp3) is 0.342. The molecule has 0 bridgehead atoms. The molecule has 3 aromatic carbocycles. The minimum Gasteiger partial charge on any atom is -0.484 e. The van der Waals surface area contributed by atoms with E-state index in [2.05, 4.69) is 50.0 Å². The second-order valence-electron chi connectivity index (χ2n) is 13.9. The molecule has 44 heavy (non-hydrogen) atoms. The SMILES string of the molecule is CC1(C)CC(=O)C2=C(C1)N(Cc1ccccc1)C1=C(C(=O)CC(C)(C)C1)C2c1ccc(OCC(=O)Nc2ccccc2)cc1. The highest BCUT2D eigenvalue weighted by Gasteiger charge is 2.48. The van der Waals surface area contributed by atoms with E-state index in [0.717, 1.165) is 46.5 Å². The number of carbonyl (C=O) groups excluding carboxylic acids is 3. The smallest absolute Gasteiger partial charge is 0.262 e. The summed E-state index contributed by atoms with van der Waals surface area (Å²) in [4.78, 5) is 42.8. The molecule has 6 heteroatoms. The number of nitrogens with zero attached hydrogens (tertiary/aromatic N) is 1. The molecule has 1 heterocycles. The monoisotopic (exact) mass is 588 g/mol. The topological polar surface area (TPSA) is 75.7 Å². The van der Waals surface area contributed by atoms with Gasteiger partial charge in [0.1, 0.15) is 5.75 Å². The molecular formula is C38H40N2O4. The molecule has 0 atom stereocenters. The molecule has 3 aromatic rings. The van der Waals surface area contributed by atoms with Crippen molar-refractivity contribution >= 4 is 23.2 Å². The molecule has 2 aliphatic carbocycles. The first-order chi connectivity index (χ1) is 21.0. The number of hydrogen-bond acceptors (Lipinski definition) is 5. The molecule has 3 aliphatic rings. The van der Waals surface area contributed by atoms with Crippen LogP contribution in [0.15, 0.2) is 107 Å². The zero-order chi connectivity index (χ0) is 31.1. The first kappa shape index (κ1) is 29.6. The number of hydrogen-bond donors (Lipinski definition) is 1. The van der Waals surface area contributed by atoms with Gasteiger partial charge < -0.3 is 15.0 Å². The molecule has 0 unspecified atom stereocenters. The number of para-hydroxylation sites is 1. The van der Waals surface area contributed by atoms with Crippen LogP contribution in [0.2, 0.25) is 0 Å². The number of allylic oxidation sites excluding steroid dienone is 4. The molecule has 1 N–H and O–H groups in total. The van der Waals surface area contributed by atoms with Crippen molar-refractivity contribution in [2.75, 3.05) is 11.9 Å². The van der Waals surface area contributed by atoms with Gasteiger partial charge in [0.2, 0.25) is 0 Å². The maximum Gasteiger partial charge on any atom is 0.262 e. The van der Waals surface area contributed by atoms with Gasteiger partial charge in [-0.25, -0.2) is 0 Å². The van der Waals surface area contributed by atoms with E-state index in [9.17, 15) is 14.4 Å². The van der Waals surface area contributed by atoms with Crippen LogP contribution >= 0.6 is 0 Å². The Morgan fingerprint density at radius 3 is 1.82 bits per heavy atom. The lowest BCUT2D eigenvalue weighted by molar-refractivity contribution is -0.120. The summed E-state index contributed by atoms with van der Waals surface area (Å²) in [5.74, 6) is 0.105. The van der Waals surface area contributed by atoms with Crippen molar-refractivity contribution in [2.24, 2.45) is 10.8 Å². The van der Waals surface area contributed by atoms with Crippen LogP contribution in [0.3, 0.4) is 0 Å². The summed E-state index contributed by atoms with van der Waals surface area (Å²) in [6.45, 7) is 9.12. The lowest BCUT2D eigenvalue weighted by Crippen LogP contribution is -2.44. The van der Waals surface area contributed by atoms with Gasteiger partial charge in [0.05, 0.1) is 0 Å². The van der Waals surface area contributed by atoms with Crippen LogP contribution in [0.1, 0.15) is 70.4 Å². The van der Waals surface area contributed by atoms with Crippen molar-refractivity contribution in [1.29, 1.82) is 0 Å². The van der Waals surface area contributed by atoms with E-state index in [1.807, 2.05) is 72.8 Å². The molecule has 0 saturated heterocycles. The van der Waals surface area contributed by atoms with Gasteiger partial charge in [-0.15, -0.1) is 0 Å². The van der Waals surface area contributed by atoms with E-state index in [1.165, 1.54) is 0 Å². The largest absolute Gasteiger partial charge is 0.484 e. The van der Waals surface area contributed by atoms with Gasteiger partial charge in [0.25, 0.3) is 5.91 Å². The maximum atomic E-state index is 14.0. The van der Waals surface area contributed by atoms with Crippen LogP contribution in [0, 0.1) is 10.8 Å². The summed E-state index contributed by atoms with van der Waals surface area (Å²) in [5, 5.41) is 2.83. The van der Waals surface area contributed by atoms with Gasteiger partial charge in [-0.1, -0.05) is 88.4 Å². The number of Topliss-reactive ketones (excluding diaryl/α,β-unsaturated/α-hetero) is 2. The number of rotatable bonds is 7. The Morgan fingerprint density at radius 1 is 0.750 bits per heavy atom. The molecular weight excluding hydrogens is 548 g/mol. The Balaban J connectivity index is 1.36. The molecule has 0 spiro atoms. The third-order valence-corrected chi connectivity index (χ3v) is 8.85. The van der Waals surface area contributed by atoms with E-state index in [0.29, 0.717) is 30.8 Å². The fourth-order valence-corrected chi connectivity index (χ4v) is 6.96. The van der Waals surface area contributed by atoms with Crippen molar-refractivity contribution in [1.82, 2.24) is 4.90 Å². The Hall–Kier alpha value is -4.45. The lowest BCUT2D eigenvalue weighted by atomic mass is 9.63. The molecule has 6 nitrogen and oxygen atoms in total. The summed E-state index contributed by atoms with van der Waals surface area (Å²) in [6.07, 6.45) is 2.42. The Labute approximate surface area is 259 Å². The number of benzene rings is 3. The van der Waals surface area contributed by atoms with Crippen LogP contribution in [0.25, 0.3) is 0 Å². The molecule has 226 valence electrons. The predicted octanol–water partition coefficient (Wildman–Crippen LogP) is 7.59. The third-order valence-electron chi connectivity index (χ3n) is 8.85. The zero-order valence-electron chi connectivity index (χ0n) is 26.0. The first-order valence-corrected chi connectivity index (χ1v) is 15.4. The number of carbonyl (C=O) groups is 3. The fourth-order valence-electron chi connectivity index (χ4n) is 6.96. The van der Waals surface area contributed by atoms with Gasteiger partial charge in [-0.05, 0) is 59.1 Å². The first-order valence-electron chi connectivity index (χ1n) is 15.4. The van der Waals surface area contributed by atoms with Gasteiger partial charge in [0.15, 0.2) is 18.2 Å². The summed E-state index contributed by atoms with van der Waals surface area (Å²) >= 11 is 0. The second-order valence-corrected chi connectivity index (χ2v) is 13.9. The van der Waals surface area contributed by atoms with Crippen molar-refractivity contribution in [3.05, 3.63) is 119 Å². The summed E-state index contributed by atoms with van der Waals surface area (Å²) in [6, 6.07) is 27.1. The summed E-state index contributed by atoms with van der Waals surface area (Å²) in [7, 11) is 0. The minimum atomic E-state index is -0.422. The normalized spacial score (nSPS) is 19.4. The van der Waals surface area contributed by atoms with Gasteiger partial charge in [-0.2, -0.15) is 0 Å². The highest BCUT2D eigenvalue weighted by atomic mass is 16.5. The number of anilines is 1. The van der Waals surface area contributed by atoms with E-state index in [4.69, 9.17) is 4.74 Å². The van der Waals surface area contributed by atoms with Crippen LogP contribution in [-0.2, 0) is 20.9 Å². The predicted molar refractivity (Wildman–Crippen MR) is 172 cm³/mol. The molecule has 0 radical (unpaired) electrons. The molecule has 6 rings (SSSR count). The number of amides is 1. The average Bonchev–Trinajstić information content (AvgIpc) is 2.97. The maximum absolute atomic E-state index is 14.0. The number of nitrogens with one attached hydrogen (secondary N) is 1. The highest BCUT2D eigenvalue weighted by molar-refractivity contribution is 6.06. The molecule has 0 fully saturated rings. The zero-order valence-corrected chi connectivity index (χ0v) is 26.0. The number of ether oxygens (including phenoxy) is 1. The minimum absolute atomic E-state index is 0.112. The van der Waals surface area contributed by atoms with Crippen LogP contribution in [0.5, 0.6) is 5.75 Å². The summed E-state index contributed by atoms with van der Waals surface area (Å²) < 4.78 is 5.80. The van der Waals surface area contributed by atoms with Crippen molar-refractivity contribution in [2.45, 2.75) is 65.8 Å². The molecule has 1 aliphatic heterocycles. The third kappa shape index (κ3) is 6.12. The Morgan fingerprint density at radius 2 is 1.27 bits per heavy atom. The Kier molecular flexibility index (Phi) is 7.79. The number of ketones is 2. The molecule has 0 saturated carbocycles. The van der Waals surface area contributed by atoms with Crippen molar-refractivity contribution in [3.8, 4) is 5.75 Å². The standard InChI is InChI=1S/C38H40N2O4/c1-37(2)19-29-35(31(41)21-37)34(26-15-17-28(18-16-26)44-24-33(43)39-27-13-9-6-10-14-27)36-30(20-38(3,4)22-32(36)42)40(29)23-25-11-7-5-8-12-25/h5-18,34H,19-24H2,1-4H3,(H,39,43). The average molecular weight is 589 g/mol. The second kappa shape index (κ2) is 11.6.